The fourth-order valence-corrected chi connectivity index (χ4v) is 2.25. The lowest BCUT2D eigenvalue weighted by Crippen LogP contribution is -2.46. The standard InChI is InChI=1S/C13H20N4O3/c1-13(2,11(18)19)20-9-4-3-7-17(8-9)10-5-6-15-12(14)16-10/h5-6,9H,3-4,7-8H2,1-2H3,(H,18,19)(H2,14,15,16)/t9-/m1/s1. The molecule has 0 bridgehead atoms. The van der Waals surface area contributed by atoms with Crippen LogP contribution in [0.15, 0.2) is 12.3 Å². The van der Waals surface area contributed by atoms with Crippen molar-refractivity contribution in [2.75, 3.05) is 23.7 Å². The zero-order valence-corrected chi connectivity index (χ0v) is 11.7. The third-order valence-corrected chi connectivity index (χ3v) is 3.34. The number of ether oxygens (including phenoxy) is 1. The van der Waals surface area contributed by atoms with Crippen LogP contribution < -0.4 is 10.6 Å². The number of carboxylic acid groups (broad SMARTS) is 1. The SMILES string of the molecule is CC(C)(O[C@@H]1CCCN(c2ccnc(N)n2)C1)C(=O)O. The number of carbonyl (C=O) groups is 1. The number of aromatic nitrogens is 2. The number of nitrogens with two attached hydrogens (primary N) is 1. The summed E-state index contributed by atoms with van der Waals surface area (Å²) in [6.07, 6.45) is 3.24. The maximum Gasteiger partial charge on any atom is 0.335 e. The lowest BCUT2D eigenvalue weighted by Gasteiger charge is -2.36. The molecule has 1 aromatic heterocycles. The number of anilines is 2. The Labute approximate surface area is 117 Å². The van der Waals surface area contributed by atoms with Gasteiger partial charge in [0, 0.05) is 19.3 Å². The molecule has 1 fully saturated rings. The van der Waals surface area contributed by atoms with E-state index in [9.17, 15) is 4.79 Å². The first-order chi connectivity index (χ1) is 9.38. The summed E-state index contributed by atoms with van der Waals surface area (Å²) in [5.74, 6) is 0.0243. The van der Waals surface area contributed by atoms with Gasteiger partial charge in [-0.3, -0.25) is 0 Å². The molecule has 0 saturated carbocycles. The average molecular weight is 280 g/mol. The molecular weight excluding hydrogens is 260 g/mol. The molecule has 1 aromatic rings. The Hall–Kier alpha value is -1.89. The van der Waals surface area contributed by atoms with Crippen LogP contribution in [0.2, 0.25) is 0 Å². The summed E-state index contributed by atoms with van der Waals surface area (Å²) in [5.41, 5.74) is 4.40. The van der Waals surface area contributed by atoms with Crippen molar-refractivity contribution < 1.29 is 14.6 Å². The van der Waals surface area contributed by atoms with Crippen molar-refractivity contribution in [3.05, 3.63) is 12.3 Å². The van der Waals surface area contributed by atoms with Crippen LogP contribution in [-0.4, -0.2) is 45.8 Å². The molecule has 2 rings (SSSR count). The first-order valence-electron chi connectivity index (χ1n) is 6.63. The number of rotatable bonds is 4. The number of nitrogen functional groups attached to an aromatic ring is 1. The molecule has 3 N–H and O–H groups in total. The summed E-state index contributed by atoms with van der Waals surface area (Å²) in [6.45, 7) is 4.59. The molecule has 0 radical (unpaired) electrons. The maximum absolute atomic E-state index is 11.1. The summed E-state index contributed by atoms with van der Waals surface area (Å²) in [5, 5.41) is 9.12. The smallest absolute Gasteiger partial charge is 0.335 e. The highest BCUT2D eigenvalue weighted by Crippen LogP contribution is 2.23. The van der Waals surface area contributed by atoms with Gasteiger partial charge in [0.25, 0.3) is 0 Å². The van der Waals surface area contributed by atoms with Gasteiger partial charge >= 0.3 is 5.97 Å². The van der Waals surface area contributed by atoms with Crippen molar-refractivity contribution in [3.8, 4) is 0 Å². The molecule has 0 unspecified atom stereocenters. The largest absolute Gasteiger partial charge is 0.479 e. The van der Waals surface area contributed by atoms with E-state index in [2.05, 4.69) is 9.97 Å². The van der Waals surface area contributed by atoms with Gasteiger partial charge in [-0.05, 0) is 32.8 Å². The van der Waals surface area contributed by atoms with Crippen molar-refractivity contribution in [1.29, 1.82) is 0 Å². The summed E-state index contributed by atoms with van der Waals surface area (Å²) < 4.78 is 5.71. The van der Waals surface area contributed by atoms with Gasteiger partial charge in [0.05, 0.1) is 6.10 Å². The third-order valence-electron chi connectivity index (χ3n) is 3.34. The monoisotopic (exact) mass is 280 g/mol. The molecule has 2 heterocycles. The Morgan fingerprint density at radius 2 is 2.35 bits per heavy atom. The number of nitrogens with zero attached hydrogens (tertiary/aromatic N) is 3. The van der Waals surface area contributed by atoms with Gasteiger partial charge in [-0.15, -0.1) is 0 Å². The molecule has 0 aliphatic carbocycles. The van der Waals surface area contributed by atoms with Gasteiger partial charge in [0.2, 0.25) is 5.95 Å². The van der Waals surface area contributed by atoms with Gasteiger partial charge in [0.15, 0.2) is 5.60 Å². The zero-order chi connectivity index (χ0) is 14.8. The second-order valence-electron chi connectivity index (χ2n) is 5.42. The van der Waals surface area contributed by atoms with E-state index in [0.29, 0.717) is 6.54 Å². The van der Waals surface area contributed by atoms with Crippen LogP contribution in [-0.2, 0) is 9.53 Å². The van der Waals surface area contributed by atoms with Crippen molar-refractivity contribution in [2.24, 2.45) is 0 Å². The van der Waals surface area contributed by atoms with Crippen LogP contribution >= 0.6 is 0 Å². The highest BCUT2D eigenvalue weighted by molar-refractivity contribution is 5.76. The van der Waals surface area contributed by atoms with E-state index in [1.807, 2.05) is 4.90 Å². The molecule has 1 saturated heterocycles. The molecule has 1 atom stereocenters. The quantitative estimate of drug-likeness (QED) is 0.845. The molecule has 20 heavy (non-hydrogen) atoms. The molecule has 1 aliphatic heterocycles. The van der Waals surface area contributed by atoms with Crippen LogP contribution in [0.25, 0.3) is 0 Å². The molecule has 1 aliphatic rings. The number of hydrogen-bond acceptors (Lipinski definition) is 6. The summed E-state index contributed by atoms with van der Waals surface area (Å²) >= 11 is 0. The number of piperidine rings is 1. The van der Waals surface area contributed by atoms with E-state index in [1.165, 1.54) is 0 Å². The van der Waals surface area contributed by atoms with Gasteiger partial charge in [0.1, 0.15) is 5.82 Å². The molecule has 7 nitrogen and oxygen atoms in total. The molecule has 0 spiro atoms. The fraction of sp³-hybridized carbons (Fsp3) is 0.615. The Balaban J connectivity index is 2.04. The highest BCUT2D eigenvalue weighted by atomic mass is 16.5. The predicted molar refractivity (Wildman–Crippen MR) is 74.5 cm³/mol. The molecule has 0 aromatic carbocycles. The second-order valence-corrected chi connectivity index (χ2v) is 5.42. The normalized spacial score (nSPS) is 19.9. The zero-order valence-electron chi connectivity index (χ0n) is 11.7. The van der Waals surface area contributed by atoms with Crippen LogP contribution in [0.4, 0.5) is 11.8 Å². The summed E-state index contributed by atoms with van der Waals surface area (Å²) in [6, 6.07) is 1.79. The van der Waals surface area contributed by atoms with Crippen molar-refractivity contribution in [1.82, 2.24) is 9.97 Å². The van der Waals surface area contributed by atoms with E-state index in [-0.39, 0.29) is 12.1 Å². The Morgan fingerprint density at radius 1 is 1.60 bits per heavy atom. The van der Waals surface area contributed by atoms with Crippen LogP contribution in [0.1, 0.15) is 26.7 Å². The van der Waals surface area contributed by atoms with Crippen LogP contribution in [0.3, 0.4) is 0 Å². The van der Waals surface area contributed by atoms with Crippen LogP contribution in [0, 0.1) is 0 Å². The number of carboxylic acids is 1. The number of hydrogen-bond donors (Lipinski definition) is 2. The topological polar surface area (TPSA) is 102 Å². The maximum atomic E-state index is 11.1. The third kappa shape index (κ3) is 3.36. The lowest BCUT2D eigenvalue weighted by atomic mass is 10.1. The molecular formula is C13H20N4O3. The fourth-order valence-electron chi connectivity index (χ4n) is 2.25. The van der Waals surface area contributed by atoms with E-state index in [4.69, 9.17) is 15.6 Å². The van der Waals surface area contributed by atoms with E-state index < -0.39 is 11.6 Å². The molecule has 0 amide bonds. The Kier molecular flexibility index (Phi) is 4.08. The van der Waals surface area contributed by atoms with E-state index >= 15 is 0 Å². The minimum atomic E-state index is -1.18. The van der Waals surface area contributed by atoms with Gasteiger partial charge in [-0.2, -0.15) is 4.98 Å². The van der Waals surface area contributed by atoms with E-state index in [0.717, 1.165) is 25.2 Å². The first-order valence-corrected chi connectivity index (χ1v) is 6.63. The highest BCUT2D eigenvalue weighted by Gasteiger charge is 2.33. The molecule has 110 valence electrons. The van der Waals surface area contributed by atoms with Crippen molar-refractivity contribution in [2.45, 2.75) is 38.4 Å². The van der Waals surface area contributed by atoms with Gasteiger partial charge in [-0.25, -0.2) is 9.78 Å². The first kappa shape index (κ1) is 14.5. The van der Waals surface area contributed by atoms with E-state index in [1.54, 1.807) is 26.1 Å². The lowest BCUT2D eigenvalue weighted by molar-refractivity contribution is -0.168. The second kappa shape index (κ2) is 5.62. The van der Waals surface area contributed by atoms with Crippen molar-refractivity contribution >= 4 is 17.7 Å². The Morgan fingerprint density at radius 3 is 3.00 bits per heavy atom. The van der Waals surface area contributed by atoms with Gasteiger partial charge < -0.3 is 20.5 Å². The van der Waals surface area contributed by atoms with Gasteiger partial charge in [-0.1, -0.05) is 0 Å². The Bertz CT molecular complexity index is 492. The minimum absolute atomic E-state index is 0.133. The predicted octanol–water partition coefficient (Wildman–Crippen LogP) is 0.907. The minimum Gasteiger partial charge on any atom is -0.479 e. The molecule has 7 heteroatoms. The van der Waals surface area contributed by atoms with Crippen molar-refractivity contribution in [3.63, 3.8) is 0 Å². The van der Waals surface area contributed by atoms with Crippen LogP contribution in [0.5, 0.6) is 0 Å². The summed E-state index contributed by atoms with van der Waals surface area (Å²) in [4.78, 5) is 21.2. The number of aliphatic carboxylic acids is 1. The summed E-state index contributed by atoms with van der Waals surface area (Å²) in [7, 11) is 0. The average Bonchev–Trinajstić information content (AvgIpc) is 2.38.